The minimum atomic E-state index is -3.74. The molecule has 124 valence electrons. The van der Waals surface area contributed by atoms with Crippen LogP contribution in [-0.4, -0.2) is 34.2 Å². The third-order valence-electron chi connectivity index (χ3n) is 3.51. The van der Waals surface area contributed by atoms with Gasteiger partial charge in [0.1, 0.15) is 0 Å². The molecule has 0 aliphatic carbocycles. The summed E-state index contributed by atoms with van der Waals surface area (Å²) in [6.45, 7) is 4.14. The summed E-state index contributed by atoms with van der Waals surface area (Å²) in [5.41, 5.74) is 0. The smallest absolute Gasteiger partial charge is 0.219 e. The molecule has 0 spiro atoms. The van der Waals surface area contributed by atoms with Crippen LogP contribution in [-0.2, 0) is 19.9 Å². The minimum Gasteiger partial charge on any atom is -0.219 e. The second-order valence-corrected chi connectivity index (χ2v) is 8.77. The Hall–Kier alpha value is -1.70. The maximum absolute atomic E-state index is 12.6. The fourth-order valence-electron chi connectivity index (χ4n) is 2.25. The minimum absolute atomic E-state index is 0.0155. The molecule has 7 heteroatoms. The highest BCUT2D eigenvalue weighted by molar-refractivity contribution is 7.91. The molecule has 2 rings (SSSR count). The summed E-state index contributed by atoms with van der Waals surface area (Å²) in [4.78, 5) is 0.0903. The van der Waals surface area contributed by atoms with Gasteiger partial charge in [0.2, 0.25) is 19.9 Å². The molecule has 0 amide bonds. The molecule has 0 bridgehead atoms. The van der Waals surface area contributed by atoms with E-state index in [2.05, 4.69) is 0 Å². The van der Waals surface area contributed by atoms with Crippen molar-refractivity contribution in [1.29, 1.82) is 0 Å². The summed E-state index contributed by atoms with van der Waals surface area (Å²) in [5.74, 6) is 0. The Bertz CT molecular complexity index is 871. The van der Waals surface area contributed by atoms with Gasteiger partial charge in [-0.15, -0.1) is 0 Å². The van der Waals surface area contributed by atoms with Gasteiger partial charge in [-0.1, -0.05) is 38.1 Å². The molecule has 5 nitrogen and oxygen atoms in total. The van der Waals surface area contributed by atoms with Crippen molar-refractivity contribution in [3.8, 4) is 0 Å². The van der Waals surface area contributed by atoms with Crippen molar-refractivity contribution in [2.75, 3.05) is 13.1 Å². The number of rotatable bonds is 6. The van der Waals surface area contributed by atoms with Crippen LogP contribution in [0.5, 0.6) is 0 Å². The Kier molecular flexibility index (Phi) is 5.23. The summed E-state index contributed by atoms with van der Waals surface area (Å²) in [6.07, 6.45) is 0. The third-order valence-corrected chi connectivity index (χ3v) is 7.33. The van der Waals surface area contributed by atoms with Crippen LogP contribution in [0.3, 0.4) is 0 Å². The zero-order valence-electron chi connectivity index (χ0n) is 13.0. The van der Waals surface area contributed by atoms with Crippen molar-refractivity contribution in [2.24, 2.45) is 0 Å². The largest absolute Gasteiger partial charge is 0.243 e. The van der Waals surface area contributed by atoms with Gasteiger partial charge < -0.3 is 0 Å². The zero-order valence-corrected chi connectivity index (χ0v) is 14.6. The molecule has 0 heterocycles. The van der Waals surface area contributed by atoms with E-state index in [9.17, 15) is 16.8 Å². The topological polar surface area (TPSA) is 71.5 Å². The quantitative estimate of drug-likeness (QED) is 0.800. The summed E-state index contributed by atoms with van der Waals surface area (Å²) in [6, 6.07) is 13.4. The number of hydrogen-bond acceptors (Lipinski definition) is 4. The van der Waals surface area contributed by atoms with Crippen molar-refractivity contribution < 1.29 is 16.8 Å². The van der Waals surface area contributed by atoms with Gasteiger partial charge in [0, 0.05) is 13.1 Å². The fraction of sp³-hybridized carbons (Fsp3) is 0.250. The van der Waals surface area contributed by atoms with Gasteiger partial charge in [-0.05, 0) is 30.3 Å². The lowest BCUT2D eigenvalue weighted by atomic mass is 10.4. The van der Waals surface area contributed by atoms with Crippen LogP contribution in [0.15, 0.2) is 69.3 Å². The first-order valence-electron chi connectivity index (χ1n) is 7.24. The molecule has 0 unspecified atom stereocenters. The van der Waals surface area contributed by atoms with Crippen LogP contribution in [0.2, 0.25) is 0 Å². The first-order chi connectivity index (χ1) is 10.8. The van der Waals surface area contributed by atoms with E-state index in [1.807, 2.05) is 0 Å². The highest BCUT2D eigenvalue weighted by atomic mass is 32.2. The van der Waals surface area contributed by atoms with E-state index < -0.39 is 19.9 Å². The van der Waals surface area contributed by atoms with E-state index >= 15 is 0 Å². The highest BCUT2D eigenvalue weighted by Crippen LogP contribution is 2.24. The van der Waals surface area contributed by atoms with Gasteiger partial charge in [-0.3, -0.25) is 0 Å². The molecule has 23 heavy (non-hydrogen) atoms. The number of hydrogen-bond donors (Lipinski definition) is 0. The molecule has 0 saturated heterocycles. The molecule has 0 aliphatic rings. The lowest BCUT2D eigenvalue weighted by Crippen LogP contribution is -2.30. The Morgan fingerprint density at radius 1 is 0.739 bits per heavy atom. The Labute approximate surface area is 137 Å². The molecular formula is C16H19NO4S2. The second-order valence-electron chi connectivity index (χ2n) is 4.88. The van der Waals surface area contributed by atoms with Gasteiger partial charge in [0.25, 0.3) is 0 Å². The predicted octanol–water partition coefficient (Wildman–Crippen LogP) is 2.55. The number of benzene rings is 2. The Morgan fingerprint density at radius 2 is 1.26 bits per heavy atom. The van der Waals surface area contributed by atoms with Crippen molar-refractivity contribution in [3.05, 3.63) is 54.6 Å². The average molecular weight is 353 g/mol. The van der Waals surface area contributed by atoms with E-state index in [0.29, 0.717) is 13.1 Å². The number of sulfonamides is 1. The predicted molar refractivity (Wildman–Crippen MR) is 88.4 cm³/mol. The van der Waals surface area contributed by atoms with Crippen molar-refractivity contribution in [1.82, 2.24) is 4.31 Å². The van der Waals surface area contributed by atoms with Gasteiger partial charge in [-0.2, -0.15) is 4.31 Å². The van der Waals surface area contributed by atoms with Crippen molar-refractivity contribution in [3.63, 3.8) is 0 Å². The molecule has 2 aromatic carbocycles. The molecule has 2 aromatic rings. The normalized spacial score (nSPS) is 12.5. The maximum Gasteiger partial charge on any atom is 0.243 e. The van der Waals surface area contributed by atoms with E-state index in [1.165, 1.54) is 40.7 Å². The molecule has 0 N–H and O–H groups in total. The number of nitrogens with zero attached hydrogens (tertiary/aromatic N) is 1. The second kappa shape index (κ2) is 6.82. The molecule has 0 saturated carbocycles. The van der Waals surface area contributed by atoms with Gasteiger partial charge in [0.15, 0.2) is 0 Å². The monoisotopic (exact) mass is 353 g/mol. The Balaban J connectivity index is 2.54. The summed E-state index contributed by atoms with van der Waals surface area (Å²) >= 11 is 0. The standard InChI is InChI=1S/C16H19NO4S2/c1-3-17(4-2)23(20,21)16-12-8-11-15(13-16)22(18,19)14-9-6-5-7-10-14/h5-13H,3-4H2,1-2H3. The lowest BCUT2D eigenvalue weighted by molar-refractivity contribution is 0.445. The average Bonchev–Trinajstić information content (AvgIpc) is 2.56. The summed E-state index contributed by atoms with van der Waals surface area (Å²) in [7, 11) is -7.44. The van der Waals surface area contributed by atoms with Gasteiger partial charge in [-0.25, -0.2) is 16.8 Å². The molecule has 0 fully saturated rings. The lowest BCUT2D eigenvalue weighted by Gasteiger charge is -2.18. The first-order valence-corrected chi connectivity index (χ1v) is 10.2. The van der Waals surface area contributed by atoms with E-state index in [0.717, 1.165) is 0 Å². The molecule has 0 aromatic heterocycles. The van der Waals surface area contributed by atoms with Crippen molar-refractivity contribution >= 4 is 19.9 Å². The van der Waals surface area contributed by atoms with Crippen LogP contribution < -0.4 is 0 Å². The highest BCUT2D eigenvalue weighted by Gasteiger charge is 2.24. The van der Waals surface area contributed by atoms with Crippen molar-refractivity contribution in [2.45, 2.75) is 28.5 Å². The third kappa shape index (κ3) is 3.46. The van der Waals surface area contributed by atoms with Gasteiger partial charge >= 0.3 is 0 Å². The van der Waals surface area contributed by atoms with Crippen LogP contribution >= 0.6 is 0 Å². The SMILES string of the molecule is CCN(CC)S(=O)(=O)c1cccc(S(=O)(=O)c2ccccc2)c1. The zero-order chi connectivity index (χ0) is 17.1. The van der Waals surface area contributed by atoms with E-state index in [-0.39, 0.29) is 14.7 Å². The molecular weight excluding hydrogens is 334 g/mol. The van der Waals surface area contributed by atoms with E-state index in [4.69, 9.17) is 0 Å². The van der Waals surface area contributed by atoms with Gasteiger partial charge in [0.05, 0.1) is 14.7 Å². The van der Waals surface area contributed by atoms with Crippen LogP contribution in [0.4, 0.5) is 0 Å². The maximum atomic E-state index is 12.6. The molecule has 0 radical (unpaired) electrons. The van der Waals surface area contributed by atoms with Crippen LogP contribution in [0.25, 0.3) is 0 Å². The summed E-state index contributed by atoms with van der Waals surface area (Å²) < 4.78 is 51.6. The van der Waals surface area contributed by atoms with Crippen LogP contribution in [0.1, 0.15) is 13.8 Å². The van der Waals surface area contributed by atoms with Crippen LogP contribution in [0, 0.1) is 0 Å². The summed E-state index contributed by atoms with van der Waals surface area (Å²) in [5, 5.41) is 0. The molecule has 0 aliphatic heterocycles. The molecule has 0 atom stereocenters. The van der Waals surface area contributed by atoms with E-state index in [1.54, 1.807) is 32.0 Å². The fourth-order valence-corrected chi connectivity index (χ4v) is 5.16. The Morgan fingerprint density at radius 3 is 1.83 bits per heavy atom. The number of sulfone groups is 1. The first kappa shape index (κ1) is 17.7.